The van der Waals surface area contributed by atoms with Gasteiger partial charge >= 0.3 is 5.97 Å². The molecule has 1 aromatic heterocycles. The molecule has 0 N–H and O–H groups in total. The molecular formula is C18H16N2O2. The van der Waals surface area contributed by atoms with Gasteiger partial charge in [-0.05, 0) is 36.6 Å². The average molecular weight is 292 g/mol. The largest absolute Gasteiger partial charge is 0.407 e. The predicted octanol–water partition coefficient (Wildman–Crippen LogP) is 3.32. The minimum atomic E-state index is -0.400. The first kappa shape index (κ1) is 14.2. The van der Waals surface area contributed by atoms with E-state index >= 15 is 0 Å². The van der Waals surface area contributed by atoms with Gasteiger partial charge in [0.1, 0.15) is 0 Å². The predicted molar refractivity (Wildman–Crippen MR) is 85.2 cm³/mol. The van der Waals surface area contributed by atoms with Crippen molar-refractivity contribution < 1.29 is 9.53 Å². The van der Waals surface area contributed by atoms with Crippen molar-refractivity contribution in [2.75, 3.05) is 0 Å². The molecule has 0 spiro atoms. The standard InChI is InChI=1S/C18H16N2O2/c1-13-4-6-14(7-5-13)8-9-17-20-16(18(21)22-17)11-15-3-2-10-19-12-15/h2-7,10-12H,8-9H2,1H3/b16-11+. The van der Waals surface area contributed by atoms with E-state index in [0.717, 1.165) is 12.0 Å². The van der Waals surface area contributed by atoms with Gasteiger partial charge in [0.15, 0.2) is 11.6 Å². The molecule has 0 saturated heterocycles. The summed E-state index contributed by atoms with van der Waals surface area (Å²) in [5.41, 5.74) is 3.59. The van der Waals surface area contributed by atoms with Gasteiger partial charge in [-0.3, -0.25) is 4.98 Å². The molecule has 0 fully saturated rings. The van der Waals surface area contributed by atoms with Crippen LogP contribution in [0, 0.1) is 6.92 Å². The second-order valence-corrected chi connectivity index (χ2v) is 5.20. The van der Waals surface area contributed by atoms with E-state index in [4.69, 9.17) is 4.74 Å². The highest BCUT2D eigenvalue weighted by Crippen LogP contribution is 2.17. The number of hydrogen-bond acceptors (Lipinski definition) is 4. The van der Waals surface area contributed by atoms with E-state index in [1.165, 1.54) is 11.1 Å². The van der Waals surface area contributed by atoms with Gasteiger partial charge in [-0.15, -0.1) is 0 Å². The lowest BCUT2D eigenvalue weighted by atomic mass is 10.1. The Morgan fingerprint density at radius 1 is 1.14 bits per heavy atom. The van der Waals surface area contributed by atoms with Crippen LogP contribution in [-0.4, -0.2) is 16.9 Å². The Kier molecular flexibility index (Phi) is 4.10. The zero-order valence-corrected chi connectivity index (χ0v) is 12.3. The van der Waals surface area contributed by atoms with Crippen LogP contribution in [-0.2, 0) is 16.0 Å². The minimum Gasteiger partial charge on any atom is -0.407 e. The molecule has 2 heterocycles. The van der Waals surface area contributed by atoms with E-state index < -0.39 is 5.97 Å². The smallest absolute Gasteiger partial charge is 0.363 e. The Bertz CT molecular complexity index is 731. The summed E-state index contributed by atoms with van der Waals surface area (Å²) in [6.07, 6.45) is 6.46. The third-order valence-electron chi connectivity index (χ3n) is 3.40. The Balaban J connectivity index is 1.68. The molecule has 0 unspecified atom stereocenters. The maximum absolute atomic E-state index is 11.8. The molecule has 1 aliphatic heterocycles. The van der Waals surface area contributed by atoms with Crippen molar-refractivity contribution in [2.24, 2.45) is 4.99 Å². The summed E-state index contributed by atoms with van der Waals surface area (Å²) in [4.78, 5) is 20.1. The Morgan fingerprint density at radius 3 is 2.68 bits per heavy atom. The van der Waals surface area contributed by atoms with Gasteiger partial charge in [0, 0.05) is 18.8 Å². The van der Waals surface area contributed by atoms with Crippen molar-refractivity contribution in [3.8, 4) is 0 Å². The van der Waals surface area contributed by atoms with Crippen molar-refractivity contribution >= 4 is 17.9 Å². The van der Waals surface area contributed by atoms with Crippen LogP contribution in [0.15, 0.2) is 59.5 Å². The second kappa shape index (κ2) is 6.35. The van der Waals surface area contributed by atoms with E-state index in [2.05, 4.69) is 41.2 Å². The van der Waals surface area contributed by atoms with Gasteiger partial charge in [0.2, 0.25) is 0 Å². The fourth-order valence-electron chi connectivity index (χ4n) is 2.19. The fourth-order valence-corrected chi connectivity index (χ4v) is 2.19. The van der Waals surface area contributed by atoms with Crippen molar-refractivity contribution in [3.63, 3.8) is 0 Å². The van der Waals surface area contributed by atoms with Gasteiger partial charge in [-0.2, -0.15) is 0 Å². The highest BCUT2D eigenvalue weighted by atomic mass is 16.6. The summed E-state index contributed by atoms with van der Waals surface area (Å²) in [6, 6.07) is 12.0. The molecule has 1 aliphatic rings. The van der Waals surface area contributed by atoms with Crippen LogP contribution in [0.1, 0.15) is 23.1 Å². The third-order valence-corrected chi connectivity index (χ3v) is 3.40. The highest BCUT2D eigenvalue weighted by molar-refractivity contribution is 6.07. The number of nitrogens with zero attached hydrogens (tertiary/aromatic N) is 2. The third kappa shape index (κ3) is 3.47. The Morgan fingerprint density at radius 2 is 1.95 bits per heavy atom. The lowest BCUT2D eigenvalue weighted by Crippen LogP contribution is -2.05. The van der Waals surface area contributed by atoms with Crippen LogP contribution in [0.4, 0.5) is 0 Å². The van der Waals surface area contributed by atoms with Crippen molar-refractivity contribution in [1.29, 1.82) is 0 Å². The zero-order valence-electron chi connectivity index (χ0n) is 12.3. The second-order valence-electron chi connectivity index (χ2n) is 5.20. The number of rotatable bonds is 4. The topological polar surface area (TPSA) is 51.5 Å². The van der Waals surface area contributed by atoms with Crippen molar-refractivity contribution in [1.82, 2.24) is 4.98 Å². The van der Waals surface area contributed by atoms with Gasteiger partial charge in [0.05, 0.1) is 0 Å². The summed E-state index contributed by atoms with van der Waals surface area (Å²) in [5.74, 6) is 0.0727. The minimum absolute atomic E-state index is 0.326. The van der Waals surface area contributed by atoms with Gasteiger partial charge in [-0.25, -0.2) is 9.79 Å². The number of cyclic esters (lactones) is 1. The Hall–Kier alpha value is -2.75. The summed E-state index contributed by atoms with van der Waals surface area (Å²) in [5, 5.41) is 0. The lowest BCUT2D eigenvalue weighted by molar-refractivity contribution is -0.130. The molecule has 0 saturated carbocycles. The molecule has 22 heavy (non-hydrogen) atoms. The van der Waals surface area contributed by atoms with Crippen molar-refractivity contribution in [3.05, 3.63) is 71.2 Å². The molecular weight excluding hydrogens is 276 g/mol. The molecule has 0 amide bonds. The average Bonchev–Trinajstić information content (AvgIpc) is 2.88. The summed E-state index contributed by atoms with van der Waals surface area (Å²) in [6.45, 7) is 2.06. The highest BCUT2D eigenvalue weighted by Gasteiger charge is 2.22. The van der Waals surface area contributed by atoms with Crippen LogP contribution in [0.2, 0.25) is 0 Å². The van der Waals surface area contributed by atoms with Gasteiger partial charge in [0.25, 0.3) is 0 Å². The molecule has 4 nitrogen and oxygen atoms in total. The number of carbonyl (C=O) groups is 1. The number of benzene rings is 1. The molecule has 110 valence electrons. The molecule has 2 aromatic rings. The van der Waals surface area contributed by atoms with Crippen LogP contribution < -0.4 is 0 Å². The van der Waals surface area contributed by atoms with E-state index in [9.17, 15) is 4.79 Å². The zero-order chi connectivity index (χ0) is 15.4. The first-order chi connectivity index (χ1) is 10.7. The number of aliphatic imine (C=N–C) groups is 1. The van der Waals surface area contributed by atoms with E-state index in [1.807, 2.05) is 12.1 Å². The molecule has 1 aromatic carbocycles. The monoisotopic (exact) mass is 292 g/mol. The SMILES string of the molecule is Cc1ccc(CCC2=N/C(=C/c3cccnc3)C(=O)O2)cc1. The lowest BCUT2D eigenvalue weighted by Gasteiger charge is -2.01. The maximum Gasteiger partial charge on any atom is 0.363 e. The number of esters is 1. The number of aromatic nitrogens is 1. The first-order valence-corrected chi connectivity index (χ1v) is 7.18. The normalized spacial score (nSPS) is 15.8. The number of ether oxygens (including phenoxy) is 1. The number of hydrogen-bond donors (Lipinski definition) is 0. The van der Waals surface area contributed by atoms with E-state index in [1.54, 1.807) is 18.5 Å². The van der Waals surface area contributed by atoms with Crippen molar-refractivity contribution in [2.45, 2.75) is 19.8 Å². The fraction of sp³-hybridized carbons (Fsp3) is 0.167. The Labute approximate surface area is 129 Å². The van der Waals surface area contributed by atoms with Crippen LogP contribution in [0.25, 0.3) is 6.08 Å². The summed E-state index contributed by atoms with van der Waals surface area (Å²) >= 11 is 0. The van der Waals surface area contributed by atoms with Crippen LogP contribution in [0.5, 0.6) is 0 Å². The molecule has 3 rings (SSSR count). The summed E-state index contributed by atoms with van der Waals surface area (Å²) in [7, 11) is 0. The summed E-state index contributed by atoms with van der Waals surface area (Å²) < 4.78 is 5.21. The molecule has 0 radical (unpaired) electrons. The maximum atomic E-state index is 11.8. The first-order valence-electron chi connectivity index (χ1n) is 7.18. The quantitative estimate of drug-likeness (QED) is 0.641. The van der Waals surface area contributed by atoms with Crippen LogP contribution >= 0.6 is 0 Å². The van der Waals surface area contributed by atoms with E-state index in [-0.39, 0.29) is 0 Å². The van der Waals surface area contributed by atoms with Gasteiger partial charge < -0.3 is 4.74 Å². The molecule has 4 heteroatoms. The number of pyridine rings is 1. The molecule has 0 aliphatic carbocycles. The molecule has 0 bridgehead atoms. The molecule has 0 atom stereocenters. The van der Waals surface area contributed by atoms with Crippen LogP contribution in [0.3, 0.4) is 0 Å². The number of aryl methyl sites for hydroxylation is 2. The number of carbonyl (C=O) groups excluding carboxylic acids is 1. The van der Waals surface area contributed by atoms with E-state index in [0.29, 0.717) is 18.0 Å². The van der Waals surface area contributed by atoms with Gasteiger partial charge in [-0.1, -0.05) is 35.9 Å².